The molecule has 0 fully saturated rings. The summed E-state index contributed by atoms with van der Waals surface area (Å²) in [7, 11) is 0. The Morgan fingerprint density at radius 2 is 1.61 bits per heavy atom. The van der Waals surface area contributed by atoms with Crippen LogP contribution in [-0.2, 0) is 10.2 Å². The quantitative estimate of drug-likeness (QED) is 0.758. The standard InChI is InChI=1S/C16H22O2/c1-11(10-12(2)17)15(18)13-6-8-14(9-7-13)16(3,4)5/h6-9,11H,10H2,1-5H3. The highest BCUT2D eigenvalue weighted by Crippen LogP contribution is 2.23. The molecule has 0 saturated carbocycles. The maximum Gasteiger partial charge on any atom is 0.166 e. The highest BCUT2D eigenvalue weighted by molar-refractivity contribution is 5.99. The molecule has 2 heteroatoms. The number of carbonyl (C=O) groups is 2. The van der Waals surface area contributed by atoms with E-state index >= 15 is 0 Å². The first kappa shape index (κ1) is 14.6. The molecule has 18 heavy (non-hydrogen) atoms. The summed E-state index contributed by atoms with van der Waals surface area (Å²) in [5.74, 6) is -0.129. The zero-order chi connectivity index (χ0) is 13.9. The fourth-order valence-corrected chi connectivity index (χ4v) is 1.94. The van der Waals surface area contributed by atoms with E-state index in [4.69, 9.17) is 0 Å². The van der Waals surface area contributed by atoms with Gasteiger partial charge in [0.1, 0.15) is 5.78 Å². The van der Waals surface area contributed by atoms with Gasteiger partial charge in [0.2, 0.25) is 0 Å². The van der Waals surface area contributed by atoms with E-state index in [9.17, 15) is 9.59 Å². The first-order chi connectivity index (χ1) is 8.21. The Balaban J connectivity index is 2.85. The third-order valence-corrected chi connectivity index (χ3v) is 3.08. The van der Waals surface area contributed by atoms with Crippen LogP contribution in [0.1, 0.15) is 57.0 Å². The zero-order valence-electron chi connectivity index (χ0n) is 11.9. The van der Waals surface area contributed by atoms with E-state index in [1.54, 1.807) is 6.92 Å². The highest BCUT2D eigenvalue weighted by Gasteiger charge is 2.18. The molecule has 0 aliphatic heterocycles. The molecule has 1 unspecified atom stereocenters. The molecular weight excluding hydrogens is 224 g/mol. The van der Waals surface area contributed by atoms with Crippen LogP contribution < -0.4 is 0 Å². The van der Waals surface area contributed by atoms with Gasteiger partial charge in [0.15, 0.2) is 5.78 Å². The molecule has 0 saturated heterocycles. The summed E-state index contributed by atoms with van der Waals surface area (Å²) in [6, 6.07) is 7.71. The van der Waals surface area contributed by atoms with Gasteiger partial charge in [-0.2, -0.15) is 0 Å². The number of hydrogen-bond acceptors (Lipinski definition) is 2. The minimum Gasteiger partial charge on any atom is -0.300 e. The number of benzene rings is 1. The van der Waals surface area contributed by atoms with Gasteiger partial charge in [-0.15, -0.1) is 0 Å². The van der Waals surface area contributed by atoms with Crippen molar-refractivity contribution in [2.75, 3.05) is 0 Å². The van der Waals surface area contributed by atoms with Crippen LogP contribution in [0.3, 0.4) is 0 Å². The molecular formula is C16H22O2. The molecule has 0 aliphatic rings. The number of hydrogen-bond donors (Lipinski definition) is 0. The van der Waals surface area contributed by atoms with Crippen LogP contribution in [0.25, 0.3) is 0 Å². The summed E-state index contributed by atoms with van der Waals surface area (Å²) < 4.78 is 0. The van der Waals surface area contributed by atoms with Gasteiger partial charge in [-0.1, -0.05) is 52.0 Å². The SMILES string of the molecule is CC(=O)CC(C)C(=O)c1ccc(C(C)(C)C)cc1. The van der Waals surface area contributed by atoms with Crippen molar-refractivity contribution in [3.05, 3.63) is 35.4 Å². The molecule has 0 amide bonds. The lowest BCUT2D eigenvalue weighted by Crippen LogP contribution is -2.15. The van der Waals surface area contributed by atoms with Crippen molar-refractivity contribution in [2.24, 2.45) is 5.92 Å². The van der Waals surface area contributed by atoms with Crippen LogP contribution >= 0.6 is 0 Å². The van der Waals surface area contributed by atoms with Crippen molar-refractivity contribution in [1.82, 2.24) is 0 Å². The Labute approximate surface area is 109 Å². The monoisotopic (exact) mass is 246 g/mol. The largest absolute Gasteiger partial charge is 0.300 e. The van der Waals surface area contributed by atoms with Gasteiger partial charge in [0, 0.05) is 17.9 Å². The van der Waals surface area contributed by atoms with Crippen LogP contribution in [0.2, 0.25) is 0 Å². The summed E-state index contributed by atoms with van der Waals surface area (Å²) in [4.78, 5) is 23.1. The molecule has 0 aromatic heterocycles. The lowest BCUT2D eigenvalue weighted by atomic mass is 9.85. The second-order valence-electron chi connectivity index (χ2n) is 6.00. The maximum absolute atomic E-state index is 12.1. The predicted octanol–water partition coefficient (Wildman–Crippen LogP) is 3.78. The summed E-state index contributed by atoms with van der Waals surface area (Å²) in [5, 5.41) is 0. The van der Waals surface area contributed by atoms with Gasteiger partial charge in [-0.05, 0) is 17.9 Å². The van der Waals surface area contributed by atoms with Crippen LogP contribution in [-0.4, -0.2) is 11.6 Å². The van der Waals surface area contributed by atoms with Gasteiger partial charge in [-0.25, -0.2) is 0 Å². The molecule has 1 aromatic carbocycles. The molecule has 1 atom stereocenters. The van der Waals surface area contributed by atoms with Crippen LogP contribution in [0.4, 0.5) is 0 Å². The molecule has 0 spiro atoms. The molecule has 2 nitrogen and oxygen atoms in total. The second kappa shape index (κ2) is 5.47. The topological polar surface area (TPSA) is 34.1 Å². The molecule has 0 heterocycles. The smallest absolute Gasteiger partial charge is 0.166 e. The minimum absolute atomic E-state index is 0.0469. The molecule has 98 valence electrons. The minimum atomic E-state index is -0.233. The van der Waals surface area contributed by atoms with E-state index in [0.717, 1.165) is 0 Å². The third-order valence-electron chi connectivity index (χ3n) is 3.08. The summed E-state index contributed by atoms with van der Waals surface area (Å²) in [6.45, 7) is 9.75. The Bertz CT molecular complexity index is 435. The average molecular weight is 246 g/mol. The van der Waals surface area contributed by atoms with Crippen LogP contribution in [0.5, 0.6) is 0 Å². The van der Waals surface area contributed by atoms with E-state index in [1.165, 1.54) is 12.5 Å². The van der Waals surface area contributed by atoms with E-state index in [2.05, 4.69) is 20.8 Å². The first-order valence-electron chi connectivity index (χ1n) is 6.36. The molecule has 0 N–H and O–H groups in total. The number of carbonyl (C=O) groups excluding carboxylic acids is 2. The van der Waals surface area contributed by atoms with Crippen molar-refractivity contribution >= 4 is 11.6 Å². The van der Waals surface area contributed by atoms with E-state index < -0.39 is 0 Å². The lowest BCUT2D eigenvalue weighted by molar-refractivity contribution is -0.117. The summed E-state index contributed by atoms with van der Waals surface area (Å²) in [5.41, 5.74) is 1.99. The molecule has 0 radical (unpaired) electrons. The van der Waals surface area contributed by atoms with Crippen LogP contribution in [0, 0.1) is 5.92 Å². The first-order valence-corrected chi connectivity index (χ1v) is 6.36. The van der Waals surface area contributed by atoms with Gasteiger partial charge in [-0.3, -0.25) is 4.79 Å². The van der Waals surface area contributed by atoms with Gasteiger partial charge in [0.25, 0.3) is 0 Å². The summed E-state index contributed by atoms with van der Waals surface area (Å²) in [6.07, 6.45) is 0.319. The van der Waals surface area contributed by atoms with Gasteiger partial charge < -0.3 is 4.79 Å². The van der Waals surface area contributed by atoms with Crippen molar-refractivity contribution < 1.29 is 9.59 Å². The summed E-state index contributed by atoms with van der Waals surface area (Å²) >= 11 is 0. The van der Waals surface area contributed by atoms with Crippen LogP contribution in [0.15, 0.2) is 24.3 Å². The Morgan fingerprint density at radius 3 is 2.00 bits per heavy atom. The van der Waals surface area contributed by atoms with E-state index in [0.29, 0.717) is 12.0 Å². The number of rotatable bonds is 4. The predicted molar refractivity (Wildman–Crippen MR) is 73.9 cm³/mol. The van der Waals surface area contributed by atoms with Gasteiger partial charge >= 0.3 is 0 Å². The van der Waals surface area contributed by atoms with Crippen molar-refractivity contribution in [1.29, 1.82) is 0 Å². The second-order valence-corrected chi connectivity index (χ2v) is 6.00. The molecule has 0 aliphatic carbocycles. The normalized spacial score (nSPS) is 13.2. The molecule has 1 rings (SSSR count). The fourth-order valence-electron chi connectivity index (χ4n) is 1.94. The fraction of sp³-hybridized carbons (Fsp3) is 0.500. The van der Waals surface area contributed by atoms with E-state index in [1.807, 2.05) is 24.3 Å². The lowest BCUT2D eigenvalue weighted by Gasteiger charge is -2.19. The van der Waals surface area contributed by atoms with Crippen molar-refractivity contribution in [3.8, 4) is 0 Å². The maximum atomic E-state index is 12.1. The Morgan fingerprint density at radius 1 is 1.11 bits per heavy atom. The Kier molecular flexibility index (Phi) is 4.44. The number of Topliss-reactive ketones (excluding diaryl/α,β-unsaturated/α-hetero) is 2. The Hall–Kier alpha value is -1.44. The van der Waals surface area contributed by atoms with Crippen molar-refractivity contribution in [3.63, 3.8) is 0 Å². The average Bonchev–Trinajstić information content (AvgIpc) is 2.26. The third kappa shape index (κ3) is 3.80. The number of ketones is 2. The van der Waals surface area contributed by atoms with Crippen molar-refractivity contribution in [2.45, 2.75) is 46.5 Å². The van der Waals surface area contributed by atoms with Gasteiger partial charge in [0.05, 0.1) is 0 Å². The highest BCUT2D eigenvalue weighted by atomic mass is 16.1. The zero-order valence-corrected chi connectivity index (χ0v) is 11.9. The molecule has 1 aromatic rings. The molecule has 0 bridgehead atoms. The van der Waals surface area contributed by atoms with E-state index in [-0.39, 0.29) is 22.9 Å².